The van der Waals surface area contributed by atoms with Gasteiger partial charge in [0.05, 0.1) is 5.92 Å². The van der Waals surface area contributed by atoms with Gasteiger partial charge in [0, 0.05) is 17.5 Å². The summed E-state index contributed by atoms with van der Waals surface area (Å²) in [5.41, 5.74) is 5.28. The molecule has 1 fully saturated rings. The van der Waals surface area contributed by atoms with Gasteiger partial charge in [0.2, 0.25) is 0 Å². The summed E-state index contributed by atoms with van der Waals surface area (Å²) in [6.07, 6.45) is 2.71. The Bertz CT molecular complexity index is 1150. The monoisotopic (exact) mass is 392 g/mol. The van der Waals surface area contributed by atoms with Crippen molar-refractivity contribution in [2.24, 2.45) is 11.8 Å². The van der Waals surface area contributed by atoms with Crippen molar-refractivity contribution < 1.29 is 9.59 Å². The topological polar surface area (TPSA) is 34.1 Å². The maximum atomic E-state index is 13.8. The lowest BCUT2D eigenvalue weighted by molar-refractivity contribution is 0.0668. The minimum Gasteiger partial charge on any atom is -0.294 e. The molecule has 0 spiro atoms. The van der Waals surface area contributed by atoms with Crippen molar-refractivity contribution in [2.45, 2.75) is 37.0 Å². The standard InChI is InChI=1S/C28H24O2/c29-25-16-24-20(18-10-4-6-12-21(18)25)14-15-22-19-11-5-7-13-23(19)28(30)26(27(22)24)17-8-2-1-3-9-17/h1-13,20,22,24,26-27H,14-16H2/t20-,22+,24+,26+,27+/m1/s1. The van der Waals surface area contributed by atoms with Gasteiger partial charge in [0.15, 0.2) is 11.6 Å². The van der Waals surface area contributed by atoms with Crippen molar-refractivity contribution >= 4 is 11.6 Å². The maximum Gasteiger partial charge on any atom is 0.170 e. The smallest absolute Gasteiger partial charge is 0.170 e. The van der Waals surface area contributed by atoms with Crippen molar-refractivity contribution in [1.82, 2.24) is 0 Å². The number of hydrogen-bond acceptors (Lipinski definition) is 2. The lowest BCUT2D eigenvalue weighted by atomic mass is 9.51. The first kappa shape index (κ1) is 17.8. The predicted octanol–water partition coefficient (Wildman–Crippen LogP) is 6.15. The Kier molecular flexibility index (Phi) is 4.02. The summed E-state index contributed by atoms with van der Waals surface area (Å²) in [5, 5.41) is 0. The van der Waals surface area contributed by atoms with E-state index in [-0.39, 0.29) is 29.3 Å². The molecule has 0 bridgehead atoms. The van der Waals surface area contributed by atoms with Crippen LogP contribution in [0.15, 0.2) is 78.9 Å². The Morgan fingerprint density at radius 1 is 0.633 bits per heavy atom. The summed E-state index contributed by atoms with van der Waals surface area (Å²) >= 11 is 0. The number of rotatable bonds is 1. The van der Waals surface area contributed by atoms with E-state index in [1.165, 1.54) is 11.1 Å². The predicted molar refractivity (Wildman–Crippen MR) is 117 cm³/mol. The van der Waals surface area contributed by atoms with Crippen molar-refractivity contribution in [2.75, 3.05) is 0 Å². The van der Waals surface area contributed by atoms with E-state index in [2.05, 4.69) is 36.4 Å². The van der Waals surface area contributed by atoms with Crippen LogP contribution in [0.3, 0.4) is 0 Å². The third-order valence-corrected chi connectivity index (χ3v) is 7.80. The van der Waals surface area contributed by atoms with Gasteiger partial charge in [-0.25, -0.2) is 0 Å². The second-order valence-corrected chi connectivity index (χ2v) is 9.09. The molecule has 0 heterocycles. The zero-order chi connectivity index (χ0) is 20.2. The van der Waals surface area contributed by atoms with Gasteiger partial charge in [-0.1, -0.05) is 78.9 Å². The van der Waals surface area contributed by atoms with Crippen LogP contribution >= 0.6 is 0 Å². The summed E-state index contributed by atoms with van der Waals surface area (Å²) in [5.74, 6) is 1.39. The zero-order valence-electron chi connectivity index (χ0n) is 16.8. The molecule has 1 saturated carbocycles. The maximum absolute atomic E-state index is 13.8. The molecule has 2 nitrogen and oxygen atoms in total. The molecule has 5 atom stereocenters. The highest BCUT2D eigenvalue weighted by Gasteiger charge is 2.52. The lowest BCUT2D eigenvalue weighted by Crippen LogP contribution is -2.45. The van der Waals surface area contributed by atoms with Crippen molar-refractivity contribution in [3.8, 4) is 0 Å². The van der Waals surface area contributed by atoms with Crippen LogP contribution in [0, 0.1) is 11.8 Å². The molecule has 0 unspecified atom stereocenters. The summed E-state index contributed by atoms with van der Waals surface area (Å²) in [6, 6.07) is 26.6. The Labute approximate surface area is 177 Å². The summed E-state index contributed by atoms with van der Waals surface area (Å²) in [6.45, 7) is 0. The zero-order valence-corrected chi connectivity index (χ0v) is 16.8. The fraction of sp³-hybridized carbons (Fsp3) is 0.286. The molecule has 30 heavy (non-hydrogen) atoms. The number of carbonyl (C=O) groups excluding carboxylic acids is 2. The second kappa shape index (κ2) is 6.77. The van der Waals surface area contributed by atoms with Crippen LogP contribution in [0.2, 0.25) is 0 Å². The van der Waals surface area contributed by atoms with E-state index < -0.39 is 0 Å². The highest BCUT2D eigenvalue weighted by molar-refractivity contribution is 6.04. The molecule has 0 radical (unpaired) electrons. The third-order valence-electron chi connectivity index (χ3n) is 7.80. The van der Waals surface area contributed by atoms with Gasteiger partial charge >= 0.3 is 0 Å². The van der Waals surface area contributed by atoms with Crippen molar-refractivity contribution in [3.63, 3.8) is 0 Å². The van der Waals surface area contributed by atoms with Gasteiger partial charge in [0.25, 0.3) is 0 Å². The summed E-state index contributed by atoms with van der Waals surface area (Å²) in [4.78, 5) is 26.9. The van der Waals surface area contributed by atoms with Crippen molar-refractivity contribution in [1.29, 1.82) is 0 Å². The average Bonchev–Trinajstić information content (AvgIpc) is 2.80. The molecule has 6 rings (SSSR count). The molecular formula is C28H24O2. The van der Waals surface area contributed by atoms with Crippen LogP contribution in [-0.4, -0.2) is 11.6 Å². The number of hydrogen-bond donors (Lipinski definition) is 0. The largest absolute Gasteiger partial charge is 0.294 e. The quantitative estimate of drug-likeness (QED) is 0.498. The number of ketones is 2. The lowest BCUT2D eigenvalue weighted by Gasteiger charge is -2.51. The van der Waals surface area contributed by atoms with Crippen LogP contribution < -0.4 is 0 Å². The third kappa shape index (κ3) is 2.49. The summed E-state index contributed by atoms with van der Waals surface area (Å²) < 4.78 is 0. The van der Waals surface area contributed by atoms with Gasteiger partial charge in [-0.3, -0.25) is 9.59 Å². The van der Waals surface area contributed by atoms with Crippen LogP contribution in [0.5, 0.6) is 0 Å². The molecule has 0 aromatic heterocycles. The molecule has 0 aliphatic heterocycles. The summed E-state index contributed by atoms with van der Waals surface area (Å²) in [7, 11) is 0. The molecule has 148 valence electrons. The first-order valence-corrected chi connectivity index (χ1v) is 11.0. The van der Waals surface area contributed by atoms with E-state index in [1.54, 1.807) is 0 Å². The Hall–Kier alpha value is -3.00. The molecule has 2 heteroatoms. The minimum atomic E-state index is -0.169. The molecule has 3 aliphatic rings. The molecule has 0 N–H and O–H groups in total. The number of fused-ring (bicyclic) bond motifs is 7. The van der Waals surface area contributed by atoms with Gasteiger partial charge in [-0.2, -0.15) is 0 Å². The van der Waals surface area contributed by atoms with Crippen LogP contribution in [0.4, 0.5) is 0 Å². The Morgan fingerprint density at radius 3 is 2.00 bits per heavy atom. The SMILES string of the molecule is O=C1C[C@@H]2[C@@H]3[C@@H](CC[C@@H]2c2ccccc21)c1ccccc1C(=O)[C@H]3c1ccccc1. The average molecular weight is 392 g/mol. The molecule has 3 aliphatic carbocycles. The highest BCUT2D eigenvalue weighted by atomic mass is 16.1. The molecule has 0 amide bonds. The first-order valence-electron chi connectivity index (χ1n) is 11.0. The second-order valence-electron chi connectivity index (χ2n) is 9.09. The Balaban J connectivity index is 1.54. The van der Waals surface area contributed by atoms with E-state index in [4.69, 9.17) is 0 Å². The van der Waals surface area contributed by atoms with Crippen LogP contribution in [-0.2, 0) is 0 Å². The van der Waals surface area contributed by atoms with Crippen molar-refractivity contribution in [3.05, 3.63) is 107 Å². The van der Waals surface area contributed by atoms with Crippen LogP contribution in [0.25, 0.3) is 0 Å². The normalized spacial score (nSPS) is 29.4. The van der Waals surface area contributed by atoms with Gasteiger partial charge in [-0.05, 0) is 53.2 Å². The Morgan fingerprint density at radius 2 is 1.23 bits per heavy atom. The number of Topliss-reactive ketones (excluding diaryl/α,β-unsaturated/α-hetero) is 2. The van der Waals surface area contributed by atoms with E-state index in [1.807, 2.05) is 42.5 Å². The molecule has 0 saturated heterocycles. The molecule has 3 aromatic rings. The molecule has 3 aromatic carbocycles. The van der Waals surface area contributed by atoms with E-state index >= 15 is 0 Å². The van der Waals surface area contributed by atoms with Gasteiger partial charge in [0.1, 0.15) is 0 Å². The van der Waals surface area contributed by atoms with E-state index in [0.29, 0.717) is 18.3 Å². The number of carbonyl (C=O) groups is 2. The van der Waals surface area contributed by atoms with Gasteiger partial charge in [-0.15, -0.1) is 0 Å². The van der Waals surface area contributed by atoms with Crippen LogP contribution in [0.1, 0.15) is 74.4 Å². The van der Waals surface area contributed by atoms with E-state index in [0.717, 1.165) is 29.5 Å². The van der Waals surface area contributed by atoms with E-state index in [9.17, 15) is 9.59 Å². The first-order chi connectivity index (χ1) is 14.7. The molecular weight excluding hydrogens is 368 g/mol. The number of benzene rings is 3. The van der Waals surface area contributed by atoms with Gasteiger partial charge < -0.3 is 0 Å². The fourth-order valence-electron chi connectivity index (χ4n) is 6.66. The fourth-order valence-corrected chi connectivity index (χ4v) is 6.66. The highest BCUT2D eigenvalue weighted by Crippen LogP contribution is 2.59. The minimum absolute atomic E-state index is 0.169.